The Bertz CT molecular complexity index is 1470. The fourth-order valence-electron chi connectivity index (χ4n) is 3.25. The summed E-state index contributed by atoms with van der Waals surface area (Å²) >= 11 is 1.16. The second-order valence-electron chi connectivity index (χ2n) is 9.35. The number of methoxy groups -OCH3 is 1. The number of nitrogens with zero attached hydrogens (tertiary/aromatic N) is 3. The van der Waals surface area contributed by atoms with Gasteiger partial charge in [-0.3, -0.25) is 10.1 Å². The van der Waals surface area contributed by atoms with Gasteiger partial charge >= 0.3 is 12.4 Å². The van der Waals surface area contributed by atoms with E-state index in [0.717, 1.165) is 11.3 Å². The molecule has 3 aromatic rings. The van der Waals surface area contributed by atoms with Crippen molar-refractivity contribution < 1.29 is 40.6 Å². The van der Waals surface area contributed by atoms with Crippen LogP contribution in [0.4, 0.5) is 31.5 Å². The molecule has 1 N–H and O–H groups in total. The van der Waals surface area contributed by atoms with Gasteiger partial charge in [-0.2, -0.15) is 31.6 Å². The van der Waals surface area contributed by atoms with Crippen molar-refractivity contribution in [2.75, 3.05) is 12.4 Å². The molecule has 0 aliphatic carbocycles. The number of alkyl halides is 6. The number of carbonyl (C=O) groups excluding carboxylic acids is 1. The van der Waals surface area contributed by atoms with E-state index in [1.165, 1.54) is 31.4 Å². The number of hydrogen-bond acceptors (Lipinski definition) is 7. The molecule has 1 heterocycles. The molecule has 0 radical (unpaired) electrons. The predicted molar refractivity (Wildman–Crippen MR) is 135 cm³/mol. The number of nitriles is 1. The lowest BCUT2D eigenvalue weighted by Gasteiger charge is -2.17. The lowest BCUT2D eigenvalue weighted by atomic mass is 9.98. The first-order valence-corrected chi connectivity index (χ1v) is 12.2. The van der Waals surface area contributed by atoms with Crippen molar-refractivity contribution in [3.8, 4) is 17.6 Å². The normalized spacial score (nSPS) is 12.6. The molecule has 0 saturated carbocycles. The fourth-order valence-corrected chi connectivity index (χ4v) is 4.04. The van der Waals surface area contributed by atoms with Gasteiger partial charge in [-0.25, -0.2) is 0 Å². The van der Waals surface area contributed by atoms with E-state index >= 15 is 0 Å². The van der Waals surface area contributed by atoms with Crippen LogP contribution in [-0.2, 0) is 29.2 Å². The zero-order valence-electron chi connectivity index (χ0n) is 21.5. The number of rotatable bonds is 7. The first kappa shape index (κ1) is 30.4. The predicted octanol–water partition coefficient (Wildman–Crippen LogP) is 7.01. The molecular weight excluding hydrogens is 562 g/mol. The molecule has 40 heavy (non-hydrogen) atoms. The molecule has 0 atom stereocenters. The average Bonchev–Trinajstić information content (AvgIpc) is 3.34. The SMILES string of the molecule is COc1cc(C=C(C#N)C(=O)Nc2nnc(C(C)(C)C)s2)ccc1OCc1ccc(C(F)(F)F)cc1C(F)(F)F. The van der Waals surface area contributed by atoms with Gasteiger partial charge < -0.3 is 9.47 Å². The number of amides is 1. The Balaban J connectivity index is 1.80. The lowest BCUT2D eigenvalue weighted by molar-refractivity contribution is -0.143. The third kappa shape index (κ3) is 7.50. The minimum absolute atomic E-state index is 0.0146. The summed E-state index contributed by atoms with van der Waals surface area (Å²) in [6.07, 6.45) is -8.74. The second-order valence-corrected chi connectivity index (χ2v) is 10.3. The van der Waals surface area contributed by atoms with Crippen molar-refractivity contribution in [3.05, 3.63) is 69.2 Å². The molecule has 1 aromatic heterocycles. The summed E-state index contributed by atoms with van der Waals surface area (Å²) in [5.74, 6) is -0.703. The van der Waals surface area contributed by atoms with Gasteiger partial charge in [0, 0.05) is 11.0 Å². The Hall–Kier alpha value is -4.12. The number of ether oxygens (including phenoxy) is 2. The van der Waals surface area contributed by atoms with E-state index < -0.39 is 41.6 Å². The monoisotopic (exact) mass is 584 g/mol. The zero-order chi connectivity index (χ0) is 29.9. The van der Waals surface area contributed by atoms with Crippen molar-refractivity contribution in [1.29, 1.82) is 5.26 Å². The summed E-state index contributed by atoms with van der Waals surface area (Å²) in [7, 11) is 1.26. The van der Waals surface area contributed by atoms with E-state index in [1.807, 2.05) is 20.8 Å². The molecule has 3 rings (SSSR count). The van der Waals surface area contributed by atoms with E-state index in [4.69, 9.17) is 9.47 Å². The van der Waals surface area contributed by atoms with Gasteiger partial charge in [0.25, 0.3) is 5.91 Å². The molecule has 0 aliphatic heterocycles. The molecule has 0 fully saturated rings. The molecule has 7 nitrogen and oxygen atoms in total. The van der Waals surface area contributed by atoms with E-state index in [1.54, 1.807) is 6.07 Å². The molecule has 0 unspecified atom stereocenters. The minimum atomic E-state index is -5.05. The Labute approximate surface area is 229 Å². The van der Waals surface area contributed by atoms with E-state index in [-0.39, 0.29) is 33.7 Å². The number of aromatic nitrogens is 2. The number of nitrogens with one attached hydrogen (secondary N) is 1. The first-order valence-electron chi connectivity index (χ1n) is 11.4. The zero-order valence-corrected chi connectivity index (χ0v) is 22.3. The number of hydrogen-bond donors (Lipinski definition) is 1. The first-order chi connectivity index (χ1) is 18.5. The number of carbonyl (C=O) groups is 1. The fraction of sp³-hybridized carbons (Fsp3) is 0.308. The summed E-state index contributed by atoms with van der Waals surface area (Å²) < 4.78 is 89.7. The minimum Gasteiger partial charge on any atom is -0.493 e. The van der Waals surface area contributed by atoms with Crippen LogP contribution in [0.3, 0.4) is 0 Å². The van der Waals surface area contributed by atoms with Crippen molar-refractivity contribution in [2.24, 2.45) is 0 Å². The summed E-state index contributed by atoms with van der Waals surface area (Å²) in [6, 6.07) is 7.19. The summed E-state index contributed by atoms with van der Waals surface area (Å²) in [5.41, 5.74) is -3.65. The smallest absolute Gasteiger partial charge is 0.416 e. The van der Waals surface area contributed by atoms with Crippen molar-refractivity contribution in [1.82, 2.24) is 10.2 Å². The summed E-state index contributed by atoms with van der Waals surface area (Å²) in [5, 5.41) is 20.8. The highest BCUT2D eigenvalue weighted by Crippen LogP contribution is 2.38. The third-order valence-corrected chi connectivity index (χ3v) is 6.54. The van der Waals surface area contributed by atoms with Gasteiger partial charge in [0.2, 0.25) is 5.13 Å². The Kier molecular flexibility index (Phi) is 8.78. The van der Waals surface area contributed by atoms with Crippen LogP contribution in [0.15, 0.2) is 42.0 Å². The van der Waals surface area contributed by atoms with Crippen molar-refractivity contribution >= 4 is 28.5 Å². The average molecular weight is 585 g/mol. The van der Waals surface area contributed by atoms with Crippen molar-refractivity contribution in [2.45, 2.75) is 45.1 Å². The van der Waals surface area contributed by atoms with Crippen LogP contribution in [0.5, 0.6) is 11.5 Å². The quantitative estimate of drug-likeness (QED) is 0.182. The number of benzene rings is 2. The Morgan fingerprint density at radius 2 is 1.73 bits per heavy atom. The van der Waals surface area contributed by atoms with E-state index in [9.17, 15) is 36.4 Å². The maximum Gasteiger partial charge on any atom is 0.416 e. The lowest BCUT2D eigenvalue weighted by Crippen LogP contribution is -2.14. The highest BCUT2D eigenvalue weighted by molar-refractivity contribution is 7.15. The Morgan fingerprint density at radius 1 is 1.02 bits per heavy atom. The highest BCUT2D eigenvalue weighted by Gasteiger charge is 2.38. The third-order valence-electron chi connectivity index (χ3n) is 5.28. The van der Waals surface area contributed by atoms with Crippen LogP contribution >= 0.6 is 11.3 Å². The van der Waals surface area contributed by atoms with E-state index in [0.29, 0.717) is 22.7 Å². The molecule has 1 amide bonds. The van der Waals surface area contributed by atoms with Crippen LogP contribution in [-0.4, -0.2) is 23.2 Å². The van der Waals surface area contributed by atoms with Gasteiger partial charge in [-0.05, 0) is 35.9 Å². The van der Waals surface area contributed by atoms with Crippen LogP contribution in [0.25, 0.3) is 6.08 Å². The van der Waals surface area contributed by atoms with Gasteiger partial charge in [-0.1, -0.05) is 44.2 Å². The molecule has 2 aromatic carbocycles. The second kappa shape index (κ2) is 11.5. The molecule has 0 spiro atoms. The summed E-state index contributed by atoms with van der Waals surface area (Å²) in [6.45, 7) is 5.08. The molecule has 0 saturated heterocycles. The largest absolute Gasteiger partial charge is 0.493 e. The highest BCUT2D eigenvalue weighted by atomic mass is 32.1. The topological polar surface area (TPSA) is 97.1 Å². The molecular formula is C26H22F6N4O3S. The Morgan fingerprint density at radius 3 is 2.27 bits per heavy atom. The van der Waals surface area contributed by atoms with Crippen LogP contribution in [0.2, 0.25) is 0 Å². The summed E-state index contributed by atoms with van der Waals surface area (Å²) in [4.78, 5) is 12.6. The maximum absolute atomic E-state index is 13.4. The number of anilines is 1. The van der Waals surface area contributed by atoms with Crippen molar-refractivity contribution in [3.63, 3.8) is 0 Å². The van der Waals surface area contributed by atoms with Gasteiger partial charge in [0.05, 0.1) is 18.2 Å². The van der Waals surface area contributed by atoms with Crippen LogP contribution < -0.4 is 14.8 Å². The van der Waals surface area contributed by atoms with E-state index in [2.05, 4.69) is 15.5 Å². The maximum atomic E-state index is 13.4. The van der Waals surface area contributed by atoms with Gasteiger partial charge in [0.15, 0.2) is 11.5 Å². The molecule has 0 bridgehead atoms. The van der Waals surface area contributed by atoms with Gasteiger partial charge in [-0.15, -0.1) is 10.2 Å². The standard InChI is InChI=1S/C26H22F6N4O3S/c1-24(2,3)22-35-36-23(40-22)34-21(37)16(12-33)9-14-5-8-19(20(10-14)38-4)39-13-15-6-7-17(25(27,28)29)11-18(15)26(30,31)32/h5-11H,13H2,1-4H3,(H,34,36,37). The molecule has 0 aliphatic rings. The van der Waals surface area contributed by atoms with Crippen LogP contribution in [0.1, 0.15) is 48.0 Å². The van der Waals surface area contributed by atoms with Crippen LogP contribution in [0, 0.1) is 11.3 Å². The number of halogens is 6. The van der Waals surface area contributed by atoms with Gasteiger partial charge in [0.1, 0.15) is 23.3 Å². The molecule has 14 heteroatoms. The molecule has 212 valence electrons.